The number of hydrogen-bond donors (Lipinski definition) is 3. The number of aliphatic hydroxyl groups excluding tert-OH is 1. The van der Waals surface area contributed by atoms with Gasteiger partial charge < -0.3 is 20.3 Å². The van der Waals surface area contributed by atoms with E-state index in [0.717, 1.165) is 36.1 Å². The Morgan fingerprint density at radius 3 is 2.45 bits per heavy atom. The molecule has 3 rings (SSSR count). The smallest absolute Gasteiger partial charge is 0.339 e. The van der Waals surface area contributed by atoms with Crippen molar-refractivity contribution in [1.29, 1.82) is 0 Å². The molecule has 0 radical (unpaired) electrons. The topological polar surface area (TPSA) is 78.8 Å². The second-order valence-corrected chi connectivity index (χ2v) is 8.02. The predicted molar refractivity (Wildman–Crippen MR) is 135 cm³/mol. The third kappa shape index (κ3) is 7.76. The number of halogens is 2. The van der Waals surface area contributed by atoms with Crippen molar-refractivity contribution in [3.8, 4) is 16.9 Å². The Morgan fingerprint density at radius 1 is 1.06 bits per heavy atom. The van der Waals surface area contributed by atoms with Gasteiger partial charge in [0.1, 0.15) is 11.3 Å². The van der Waals surface area contributed by atoms with Crippen molar-refractivity contribution in [1.82, 2.24) is 5.32 Å². The molecule has 0 bridgehead atoms. The highest BCUT2D eigenvalue weighted by Crippen LogP contribution is 2.28. The zero-order valence-electron chi connectivity index (χ0n) is 18.5. The Morgan fingerprint density at radius 2 is 1.79 bits per heavy atom. The fraction of sp³-hybridized carbons (Fsp3) is 0.269. The lowest BCUT2D eigenvalue weighted by molar-refractivity contribution is 0.0692. The van der Waals surface area contributed by atoms with Gasteiger partial charge in [0.2, 0.25) is 0 Å². The molecule has 176 valence electrons. The number of aromatic carboxylic acids is 1. The van der Waals surface area contributed by atoms with Crippen LogP contribution < -0.4 is 10.1 Å². The molecule has 1 atom stereocenters. The van der Waals surface area contributed by atoms with E-state index in [4.69, 9.17) is 16.3 Å². The predicted octanol–water partition coefficient (Wildman–Crippen LogP) is 5.78. The summed E-state index contributed by atoms with van der Waals surface area (Å²) in [4.78, 5) is 11.4. The molecule has 0 aliphatic carbocycles. The van der Waals surface area contributed by atoms with Gasteiger partial charge in [-0.05, 0) is 65.9 Å². The monoisotopic (exact) mass is 489 g/mol. The van der Waals surface area contributed by atoms with E-state index < -0.39 is 12.1 Å². The van der Waals surface area contributed by atoms with Crippen LogP contribution in [0.2, 0.25) is 5.02 Å². The van der Waals surface area contributed by atoms with Gasteiger partial charge in [-0.1, -0.05) is 61.0 Å². The van der Waals surface area contributed by atoms with Gasteiger partial charge in [-0.3, -0.25) is 0 Å². The van der Waals surface area contributed by atoms with Crippen LogP contribution in [0.15, 0.2) is 66.7 Å². The number of carbonyl (C=O) groups is 1. The standard InChI is InChI=1S/C26H28ClNO4.ClH/c1-2-14-32-25-16-20(10-11-23(25)26(30)31)19-8-6-18(7-9-19)12-13-28-17-24(29)21-4-3-5-22(27)15-21;/h3-11,15-16,24,28-29H,2,12-14,17H2,1H3,(H,30,31);1H/t24-;/m0./s1. The van der Waals surface area contributed by atoms with Crippen LogP contribution >= 0.6 is 24.0 Å². The molecule has 0 aliphatic heterocycles. The third-order valence-corrected chi connectivity index (χ3v) is 5.36. The molecule has 3 aromatic rings. The first-order valence-electron chi connectivity index (χ1n) is 10.7. The van der Waals surface area contributed by atoms with Gasteiger partial charge in [-0.2, -0.15) is 0 Å². The number of nitrogens with one attached hydrogen (secondary N) is 1. The number of benzene rings is 3. The van der Waals surface area contributed by atoms with Gasteiger partial charge in [-0.15, -0.1) is 12.4 Å². The Bertz CT molecular complexity index is 1040. The number of hydrogen-bond acceptors (Lipinski definition) is 4. The van der Waals surface area contributed by atoms with Crippen LogP contribution in [0.5, 0.6) is 5.75 Å². The van der Waals surface area contributed by atoms with Crippen LogP contribution in [0.3, 0.4) is 0 Å². The van der Waals surface area contributed by atoms with Gasteiger partial charge >= 0.3 is 5.97 Å². The van der Waals surface area contributed by atoms with Crippen LogP contribution in [0, 0.1) is 0 Å². The molecule has 0 aromatic heterocycles. The minimum Gasteiger partial charge on any atom is -0.493 e. The average molecular weight is 490 g/mol. The van der Waals surface area contributed by atoms with E-state index in [0.29, 0.717) is 23.9 Å². The highest BCUT2D eigenvalue weighted by atomic mass is 35.5. The van der Waals surface area contributed by atoms with E-state index in [2.05, 4.69) is 17.4 Å². The van der Waals surface area contributed by atoms with Crippen molar-refractivity contribution in [3.05, 3.63) is 88.4 Å². The summed E-state index contributed by atoms with van der Waals surface area (Å²) in [5.74, 6) is -0.602. The molecule has 5 nitrogen and oxygen atoms in total. The number of carboxylic acids is 1. The maximum Gasteiger partial charge on any atom is 0.339 e. The first-order valence-corrected chi connectivity index (χ1v) is 11.1. The Kier molecular flexibility index (Phi) is 10.7. The second kappa shape index (κ2) is 13.2. The summed E-state index contributed by atoms with van der Waals surface area (Å²) >= 11 is 5.98. The highest BCUT2D eigenvalue weighted by Gasteiger charge is 2.13. The second-order valence-electron chi connectivity index (χ2n) is 7.59. The van der Waals surface area contributed by atoms with Crippen molar-refractivity contribution < 1.29 is 19.7 Å². The van der Waals surface area contributed by atoms with Crippen LogP contribution in [-0.4, -0.2) is 35.9 Å². The zero-order valence-corrected chi connectivity index (χ0v) is 20.0. The van der Waals surface area contributed by atoms with Crippen molar-refractivity contribution in [2.45, 2.75) is 25.9 Å². The lowest BCUT2D eigenvalue weighted by atomic mass is 10.0. The summed E-state index contributed by atoms with van der Waals surface area (Å²) in [7, 11) is 0. The minimum atomic E-state index is -0.994. The molecular weight excluding hydrogens is 461 g/mol. The maximum absolute atomic E-state index is 11.4. The molecule has 3 N–H and O–H groups in total. The van der Waals surface area contributed by atoms with E-state index in [9.17, 15) is 15.0 Å². The molecule has 33 heavy (non-hydrogen) atoms. The quantitative estimate of drug-likeness (QED) is 0.297. The maximum atomic E-state index is 11.4. The van der Waals surface area contributed by atoms with E-state index in [1.165, 1.54) is 5.56 Å². The Balaban J connectivity index is 0.00000385. The molecule has 0 unspecified atom stereocenters. The van der Waals surface area contributed by atoms with Crippen molar-refractivity contribution >= 4 is 30.0 Å². The van der Waals surface area contributed by atoms with Gasteiger partial charge in [-0.25, -0.2) is 4.79 Å². The van der Waals surface area contributed by atoms with Crippen molar-refractivity contribution in [2.24, 2.45) is 0 Å². The number of rotatable bonds is 11. The summed E-state index contributed by atoms with van der Waals surface area (Å²) < 4.78 is 5.64. The van der Waals surface area contributed by atoms with Crippen LogP contribution in [-0.2, 0) is 6.42 Å². The molecule has 0 saturated heterocycles. The van der Waals surface area contributed by atoms with Crippen LogP contribution in [0.25, 0.3) is 11.1 Å². The lowest BCUT2D eigenvalue weighted by Gasteiger charge is -2.13. The zero-order chi connectivity index (χ0) is 22.9. The van der Waals surface area contributed by atoms with Gasteiger partial charge in [0.05, 0.1) is 12.7 Å². The molecule has 7 heteroatoms. The fourth-order valence-corrected chi connectivity index (χ4v) is 3.58. The lowest BCUT2D eigenvalue weighted by Crippen LogP contribution is -2.23. The van der Waals surface area contributed by atoms with Crippen LogP contribution in [0.4, 0.5) is 0 Å². The van der Waals surface area contributed by atoms with Gasteiger partial charge in [0.15, 0.2) is 0 Å². The number of ether oxygens (including phenoxy) is 1. The molecule has 0 aliphatic rings. The summed E-state index contributed by atoms with van der Waals surface area (Å²) in [6.45, 7) is 3.64. The summed E-state index contributed by atoms with van der Waals surface area (Å²) in [6.07, 6.45) is 1.03. The largest absolute Gasteiger partial charge is 0.493 e. The minimum absolute atomic E-state index is 0. The molecular formula is C26H29Cl2NO4. The summed E-state index contributed by atoms with van der Waals surface area (Å²) in [5.41, 5.74) is 4.05. The number of aliphatic hydroxyl groups is 1. The van der Waals surface area contributed by atoms with E-state index >= 15 is 0 Å². The van der Waals surface area contributed by atoms with E-state index in [1.54, 1.807) is 30.3 Å². The Labute approximate surface area is 205 Å². The summed E-state index contributed by atoms with van der Waals surface area (Å²) in [6, 6.07) is 20.6. The van der Waals surface area contributed by atoms with Gasteiger partial charge in [0, 0.05) is 11.6 Å². The first kappa shape index (κ1) is 26.7. The highest BCUT2D eigenvalue weighted by molar-refractivity contribution is 6.30. The third-order valence-electron chi connectivity index (χ3n) is 5.12. The molecule has 0 heterocycles. The van der Waals surface area contributed by atoms with Crippen molar-refractivity contribution in [2.75, 3.05) is 19.7 Å². The SMILES string of the molecule is CCCOc1cc(-c2ccc(CCNC[C@H](O)c3cccc(Cl)c3)cc2)ccc1C(=O)O.Cl. The first-order chi connectivity index (χ1) is 15.5. The normalized spacial score (nSPS) is 11.5. The Hall–Kier alpha value is -2.57. The molecule has 0 fully saturated rings. The number of carboxylic acid groups (broad SMARTS) is 1. The van der Waals surface area contributed by atoms with Crippen molar-refractivity contribution in [3.63, 3.8) is 0 Å². The average Bonchev–Trinajstić information content (AvgIpc) is 2.80. The van der Waals surface area contributed by atoms with Crippen LogP contribution in [0.1, 0.15) is 40.9 Å². The summed E-state index contributed by atoms with van der Waals surface area (Å²) in [5, 5.41) is 23.5. The molecule has 0 saturated carbocycles. The van der Waals surface area contributed by atoms with E-state index in [-0.39, 0.29) is 18.0 Å². The molecule has 3 aromatic carbocycles. The molecule has 0 spiro atoms. The molecule has 0 amide bonds. The van der Waals surface area contributed by atoms with Gasteiger partial charge in [0.25, 0.3) is 0 Å². The fourth-order valence-electron chi connectivity index (χ4n) is 3.38. The van der Waals surface area contributed by atoms with E-state index in [1.807, 2.05) is 31.2 Å².